The Morgan fingerprint density at radius 3 is 2.40 bits per heavy atom. The molecule has 2 aromatic carbocycles. The van der Waals surface area contributed by atoms with Gasteiger partial charge in [0, 0.05) is 12.3 Å². The van der Waals surface area contributed by atoms with E-state index >= 15 is 0 Å². The van der Waals surface area contributed by atoms with Crippen LogP contribution in [0.4, 0.5) is 5.69 Å². The SMILES string of the molecule is CS(=O)(=O)c1ccc(C(=O)OCc2ccc(Cl)c(Cl)c2)cc1[N+](=O)[O-]. The molecule has 0 unspecified atom stereocenters. The number of carbonyl (C=O) groups excluding carboxylic acids is 1. The highest BCUT2D eigenvalue weighted by Crippen LogP contribution is 2.26. The molecule has 0 N–H and O–H groups in total. The first kappa shape index (κ1) is 19.2. The highest BCUT2D eigenvalue weighted by molar-refractivity contribution is 7.90. The minimum absolute atomic E-state index is 0.128. The number of nitro groups is 1. The fourth-order valence-corrected chi connectivity index (χ4v) is 3.11. The van der Waals surface area contributed by atoms with Gasteiger partial charge in [0.2, 0.25) is 0 Å². The molecule has 0 aliphatic rings. The summed E-state index contributed by atoms with van der Waals surface area (Å²) < 4.78 is 28.2. The van der Waals surface area contributed by atoms with E-state index in [1.165, 1.54) is 6.07 Å². The number of ether oxygens (including phenoxy) is 1. The topological polar surface area (TPSA) is 104 Å². The summed E-state index contributed by atoms with van der Waals surface area (Å²) >= 11 is 11.6. The van der Waals surface area contributed by atoms with Crippen molar-refractivity contribution in [2.24, 2.45) is 0 Å². The first-order valence-electron chi connectivity index (χ1n) is 6.69. The van der Waals surface area contributed by atoms with Crippen LogP contribution < -0.4 is 0 Å². The number of hydrogen-bond acceptors (Lipinski definition) is 6. The van der Waals surface area contributed by atoms with Crippen molar-refractivity contribution in [1.29, 1.82) is 0 Å². The lowest BCUT2D eigenvalue weighted by molar-refractivity contribution is -0.387. The van der Waals surface area contributed by atoms with Crippen LogP contribution in [0.5, 0.6) is 0 Å². The molecule has 0 heterocycles. The number of sulfone groups is 1. The normalized spacial score (nSPS) is 11.2. The highest BCUT2D eigenvalue weighted by atomic mass is 35.5. The summed E-state index contributed by atoms with van der Waals surface area (Å²) in [4.78, 5) is 21.8. The summed E-state index contributed by atoms with van der Waals surface area (Å²) in [7, 11) is -3.81. The van der Waals surface area contributed by atoms with Crippen molar-refractivity contribution in [3.63, 3.8) is 0 Å². The quantitative estimate of drug-likeness (QED) is 0.428. The van der Waals surface area contributed by atoms with Gasteiger partial charge in [-0.3, -0.25) is 10.1 Å². The summed E-state index contributed by atoms with van der Waals surface area (Å²) in [6.45, 7) is -0.128. The molecule has 0 aromatic heterocycles. The number of esters is 1. The van der Waals surface area contributed by atoms with Gasteiger partial charge in [0.05, 0.1) is 20.5 Å². The van der Waals surface area contributed by atoms with Gasteiger partial charge in [0.15, 0.2) is 9.84 Å². The third-order valence-electron chi connectivity index (χ3n) is 3.14. The van der Waals surface area contributed by atoms with Crippen LogP contribution in [0.1, 0.15) is 15.9 Å². The molecule has 0 bridgehead atoms. The van der Waals surface area contributed by atoms with E-state index in [1.807, 2.05) is 0 Å². The van der Waals surface area contributed by atoms with Crippen LogP contribution in [0.2, 0.25) is 10.0 Å². The predicted molar refractivity (Wildman–Crippen MR) is 91.8 cm³/mol. The fourth-order valence-electron chi connectivity index (χ4n) is 1.96. The lowest BCUT2D eigenvalue weighted by Gasteiger charge is -2.07. The second kappa shape index (κ2) is 7.38. The molecule has 0 aliphatic heterocycles. The van der Waals surface area contributed by atoms with E-state index in [1.54, 1.807) is 12.1 Å². The molecule has 132 valence electrons. The molecule has 0 spiro atoms. The lowest BCUT2D eigenvalue weighted by Crippen LogP contribution is -2.08. The zero-order chi connectivity index (χ0) is 18.8. The van der Waals surface area contributed by atoms with Crippen LogP contribution in [0.15, 0.2) is 41.3 Å². The molecule has 2 rings (SSSR count). The summed E-state index contributed by atoms with van der Waals surface area (Å²) in [5, 5.41) is 11.7. The van der Waals surface area contributed by atoms with E-state index in [2.05, 4.69) is 0 Å². The molecular weight excluding hydrogens is 393 g/mol. The summed E-state index contributed by atoms with van der Waals surface area (Å²) in [5.41, 5.74) is -0.254. The number of nitro benzene ring substituents is 1. The standard InChI is InChI=1S/C15H11Cl2NO6S/c1-25(22,23)14-5-3-10(7-13(14)18(20)21)15(19)24-8-9-2-4-11(16)12(17)6-9/h2-7H,8H2,1H3. The van der Waals surface area contributed by atoms with Gasteiger partial charge in [0.25, 0.3) is 5.69 Å². The maximum absolute atomic E-state index is 12.1. The lowest BCUT2D eigenvalue weighted by atomic mass is 10.2. The van der Waals surface area contributed by atoms with E-state index < -0.39 is 31.3 Å². The fraction of sp³-hybridized carbons (Fsp3) is 0.133. The molecule has 7 nitrogen and oxygen atoms in total. The summed E-state index contributed by atoms with van der Waals surface area (Å²) in [6, 6.07) is 7.69. The number of hydrogen-bond donors (Lipinski definition) is 0. The molecule has 10 heteroatoms. The van der Waals surface area contributed by atoms with E-state index in [0.29, 0.717) is 15.6 Å². The second-order valence-corrected chi connectivity index (χ2v) is 7.83. The molecular formula is C15H11Cl2NO6S. The zero-order valence-electron chi connectivity index (χ0n) is 12.7. The average molecular weight is 404 g/mol. The van der Waals surface area contributed by atoms with Gasteiger partial charge in [-0.1, -0.05) is 29.3 Å². The summed E-state index contributed by atoms with van der Waals surface area (Å²) in [6.07, 6.45) is 0.845. The molecule has 0 radical (unpaired) electrons. The Morgan fingerprint density at radius 2 is 1.84 bits per heavy atom. The van der Waals surface area contributed by atoms with Gasteiger partial charge in [0.1, 0.15) is 11.5 Å². The van der Waals surface area contributed by atoms with Gasteiger partial charge in [-0.2, -0.15) is 0 Å². The van der Waals surface area contributed by atoms with Crippen LogP contribution in [0, 0.1) is 10.1 Å². The van der Waals surface area contributed by atoms with Crippen molar-refractivity contribution in [3.05, 3.63) is 67.7 Å². The van der Waals surface area contributed by atoms with Gasteiger partial charge in [-0.15, -0.1) is 0 Å². The van der Waals surface area contributed by atoms with Crippen molar-refractivity contribution in [2.75, 3.05) is 6.26 Å². The predicted octanol–water partition coefficient (Wildman–Crippen LogP) is 3.66. The molecule has 2 aromatic rings. The molecule has 0 amide bonds. The van der Waals surface area contributed by atoms with Crippen molar-refractivity contribution < 1.29 is 22.9 Å². The Bertz CT molecular complexity index is 958. The first-order valence-corrected chi connectivity index (χ1v) is 9.34. The van der Waals surface area contributed by atoms with E-state index in [4.69, 9.17) is 27.9 Å². The van der Waals surface area contributed by atoms with Gasteiger partial charge in [-0.05, 0) is 29.8 Å². The van der Waals surface area contributed by atoms with Crippen molar-refractivity contribution >= 4 is 44.7 Å². The first-order chi connectivity index (χ1) is 11.6. The number of halogens is 2. The number of carbonyl (C=O) groups is 1. The Balaban J connectivity index is 2.23. The van der Waals surface area contributed by atoms with Crippen LogP contribution in [0.3, 0.4) is 0 Å². The molecule has 0 aliphatic carbocycles. The maximum atomic E-state index is 12.1. The van der Waals surface area contributed by atoms with Crippen LogP contribution in [-0.4, -0.2) is 25.6 Å². The second-order valence-electron chi connectivity index (χ2n) is 5.04. The van der Waals surface area contributed by atoms with E-state index in [-0.39, 0.29) is 12.2 Å². The minimum Gasteiger partial charge on any atom is -0.457 e. The Kier molecular flexibility index (Phi) is 5.66. The molecule has 0 atom stereocenters. The van der Waals surface area contributed by atoms with E-state index in [0.717, 1.165) is 24.5 Å². The average Bonchev–Trinajstić information content (AvgIpc) is 2.54. The van der Waals surface area contributed by atoms with Crippen molar-refractivity contribution in [2.45, 2.75) is 11.5 Å². The monoisotopic (exact) mass is 403 g/mol. The Labute approximate surface area is 153 Å². The Hall–Kier alpha value is -2.16. The van der Waals surface area contributed by atoms with E-state index in [9.17, 15) is 23.3 Å². The van der Waals surface area contributed by atoms with Crippen molar-refractivity contribution in [1.82, 2.24) is 0 Å². The van der Waals surface area contributed by atoms with Crippen LogP contribution in [0.25, 0.3) is 0 Å². The Morgan fingerprint density at radius 1 is 1.16 bits per heavy atom. The molecule has 0 saturated carbocycles. The zero-order valence-corrected chi connectivity index (χ0v) is 15.1. The smallest absolute Gasteiger partial charge is 0.338 e. The number of rotatable bonds is 5. The van der Waals surface area contributed by atoms with Crippen LogP contribution >= 0.6 is 23.2 Å². The highest BCUT2D eigenvalue weighted by Gasteiger charge is 2.24. The largest absolute Gasteiger partial charge is 0.457 e. The number of benzene rings is 2. The van der Waals surface area contributed by atoms with Crippen molar-refractivity contribution in [3.8, 4) is 0 Å². The molecule has 0 fully saturated rings. The third kappa shape index (κ3) is 4.68. The van der Waals surface area contributed by atoms with Gasteiger partial charge < -0.3 is 4.74 Å². The van der Waals surface area contributed by atoms with Crippen LogP contribution in [-0.2, 0) is 21.2 Å². The van der Waals surface area contributed by atoms with Gasteiger partial charge in [-0.25, -0.2) is 13.2 Å². The van der Waals surface area contributed by atoms with Gasteiger partial charge >= 0.3 is 5.97 Å². The molecule has 0 saturated heterocycles. The summed E-state index contributed by atoms with van der Waals surface area (Å²) in [5.74, 6) is -0.839. The maximum Gasteiger partial charge on any atom is 0.338 e. The number of nitrogens with zero attached hydrogens (tertiary/aromatic N) is 1. The third-order valence-corrected chi connectivity index (χ3v) is 5.03. The minimum atomic E-state index is -3.81. The molecule has 25 heavy (non-hydrogen) atoms.